The lowest BCUT2D eigenvalue weighted by atomic mass is 10.1. The number of hydrogen-bond acceptors (Lipinski definition) is 2. The molecule has 0 saturated heterocycles. The zero-order valence-corrected chi connectivity index (χ0v) is 13.5. The van der Waals surface area contributed by atoms with Crippen LogP contribution in [0.3, 0.4) is 0 Å². The topological polar surface area (TPSA) is 58.2 Å². The van der Waals surface area contributed by atoms with Crippen LogP contribution in [0.2, 0.25) is 0 Å². The number of carbonyl (C=O) groups excluding carboxylic acids is 2. The number of anilines is 1. The molecule has 2 aromatic carbocycles. The van der Waals surface area contributed by atoms with Crippen molar-refractivity contribution in [3.8, 4) is 0 Å². The number of hydrogen-bond donors (Lipinski definition) is 2. The lowest BCUT2D eigenvalue weighted by molar-refractivity contribution is 0.104. The lowest BCUT2D eigenvalue weighted by Gasteiger charge is -2.10. The van der Waals surface area contributed by atoms with Gasteiger partial charge in [0.1, 0.15) is 5.82 Å². The largest absolute Gasteiger partial charge is 0.336 e. The zero-order chi connectivity index (χ0) is 17.5. The van der Waals surface area contributed by atoms with Crippen LogP contribution in [0.5, 0.6) is 0 Å². The first-order valence-corrected chi connectivity index (χ1v) is 7.60. The molecule has 0 atom stereocenters. The summed E-state index contributed by atoms with van der Waals surface area (Å²) >= 11 is 0. The van der Waals surface area contributed by atoms with E-state index in [2.05, 4.69) is 10.6 Å². The second kappa shape index (κ2) is 8.06. The maximum Gasteiger partial charge on any atom is 0.319 e. The molecule has 0 aliphatic carbocycles. The third-order valence-electron chi connectivity index (χ3n) is 3.17. The van der Waals surface area contributed by atoms with Crippen molar-refractivity contribution < 1.29 is 14.0 Å². The highest BCUT2D eigenvalue weighted by Crippen LogP contribution is 2.12. The van der Waals surface area contributed by atoms with Crippen molar-refractivity contribution in [1.82, 2.24) is 5.32 Å². The van der Waals surface area contributed by atoms with Gasteiger partial charge in [0.15, 0.2) is 5.78 Å². The average Bonchev–Trinajstić information content (AvgIpc) is 2.53. The average molecular weight is 326 g/mol. The summed E-state index contributed by atoms with van der Waals surface area (Å²) in [6.45, 7) is 3.73. The second-order valence-corrected chi connectivity index (χ2v) is 5.55. The smallest absolute Gasteiger partial charge is 0.319 e. The van der Waals surface area contributed by atoms with Gasteiger partial charge in [0, 0.05) is 22.9 Å². The van der Waals surface area contributed by atoms with E-state index in [1.54, 1.807) is 42.5 Å². The van der Waals surface area contributed by atoms with Crippen LogP contribution in [0.15, 0.2) is 54.6 Å². The molecule has 2 amide bonds. The summed E-state index contributed by atoms with van der Waals surface area (Å²) in [5.41, 5.74) is 1.40. The molecule has 0 aliphatic rings. The Morgan fingerprint density at radius 2 is 1.71 bits per heavy atom. The molecule has 4 nitrogen and oxygen atoms in total. The number of ketones is 1. The first kappa shape index (κ1) is 17.4. The highest BCUT2D eigenvalue weighted by molar-refractivity contribution is 6.07. The molecule has 2 rings (SSSR count). The van der Waals surface area contributed by atoms with E-state index in [0.29, 0.717) is 16.8 Å². The molecular formula is C19H19FN2O2. The second-order valence-electron chi connectivity index (χ2n) is 5.55. The van der Waals surface area contributed by atoms with Crippen LogP contribution in [0.25, 0.3) is 6.08 Å². The SMILES string of the molecule is CC(C)NC(=O)Nc1ccc(C(=O)/C=C/c2ccccc2F)cc1. The van der Waals surface area contributed by atoms with E-state index < -0.39 is 0 Å². The van der Waals surface area contributed by atoms with E-state index in [4.69, 9.17) is 0 Å². The predicted octanol–water partition coefficient (Wildman–Crippen LogP) is 4.25. The third kappa shape index (κ3) is 5.05. The van der Waals surface area contributed by atoms with Crippen molar-refractivity contribution in [2.24, 2.45) is 0 Å². The van der Waals surface area contributed by atoms with E-state index in [1.807, 2.05) is 13.8 Å². The molecule has 0 radical (unpaired) electrons. The number of nitrogens with one attached hydrogen (secondary N) is 2. The fourth-order valence-electron chi connectivity index (χ4n) is 2.02. The first-order chi connectivity index (χ1) is 11.5. The molecule has 0 aliphatic heterocycles. The van der Waals surface area contributed by atoms with E-state index in [-0.39, 0.29) is 23.7 Å². The molecular weight excluding hydrogens is 307 g/mol. The standard InChI is InChI=1S/C19H19FN2O2/c1-13(2)21-19(24)22-16-10-7-15(8-11-16)18(23)12-9-14-5-3-4-6-17(14)20/h3-13H,1-2H3,(H2,21,22,24)/b12-9+. The Hall–Kier alpha value is -2.95. The van der Waals surface area contributed by atoms with Crippen LogP contribution in [-0.2, 0) is 0 Å². The summed E-state index contributed by atoms with van der Waals surface area (Å²) in [5.74, 6) is -0.617. The number of halogens is 1. The van der Waals surface area contributed by atoms with Gasteiger partial charge in [-0.3, -0.25) is 4.79 Å². The van der Waals surface area contributed by atoms with Crippen LogP contribution < -0.4 is 10.6 Å². The molecule has 0 bridgehead atoms. The Morgan fingerprint density at radius 1 is 1.04 bits per heavy atom. The van der Waals surface area contributed by atoms with Gasteiger partial charge in [0.25, 0.3) is 0 Å². The lowest BCUT2D eigenvalue weighted by Crippen LogP contribution is -2.34. The van der Waals surface area contributed by atoms with Crippen molar-refractivity contribution >= 4 is 23.6 Å². The van der Waals surface area contributed by atoms with E-state index in [9.17, 15) is 14.0 Å². The maximum atomic E-state index is 13.5. The molecule has 0 unspecified atom stereocenters. The Labute approximate surface area is 140 Å². The van der Waals surface area contributed by atoms with Gasteiger partial charge in [-0.25, -0.2) is 9.18 Å². The van der Waals surface area contributed by atoms with Gasteiger partial charge < -0.3 is 10.6 Å². The molecule has 0 spiro atoms. The van der Waals surface area contributed by atoms with Crippen molar-refractivity contribution in [2.75, 3.05) is 5.32 Å². The molecule has 0 aromatic heterocycles. The van der Waals surface area contributed by atoms with Crippen molar-refractivity contribution in [2.45, 2.75) is 19.9 Å². The molecule has 124 valence electrons. The fraction of sp³-hybridized carbons (Fsp3) is 0.158. The minimum Gasteiger partial charge on any atom is -0.336 e. The van der Waals surface area contributed by atoms with E-state index >= 15 is 0 Å². The Bertz CT molecular complexity index is 752. The quantitative estimate of drug-likeness (QED) is 0.637. The number of allylic oxidation sites excluding steroid dienone is 1. The Morgan fingerprint density at radius 3 is 2.33 bits per heavy atom. The highest BCUT2D eigenvalue weighted by Gasteiger charge is 2.06. The summed E-state index contributed by atoms with van der Waals surface area (Å²) in [5, 5.41) is 5.38. The Balaban J connectivity index is 2.01. The third-order valence-corrected chi connectivity index (χ3v) is 3.17. The van der Waals surface area contributed by atoms with Crippen LogP contribution in [0.4, 0.5) is 14.9 Å². The number of urea groups is 1. The van der Waals surface area contributed by atoms with Gasteiger partial charge in [-0.05, 0) is 56.3 Å². The number of benzene rings is 2. The van der Waals surface area contributed by atoms with Gasteiger partial charge >= 0.3 is 6.03 Å². The number of rotatable bonds is 5. The summed E-state index contributed by atoms with van der Waals surface area (Å²) < 4.78 is 13.5. The zero-order valence-electron chi connectivity index (χ0n) is 13.5. The summed E-state index contributed by atoms with van der Waals surface area (Å²) in [6.07, 6.45) is 2.77. The van der Waals surface area contributed by atoms with Gasteiger partial charge in [-0.1, -0.05) is 18.2 Å². The molecule has 2 N–H and O–H groups in total. The molecule has 24 heavy (non-hydrogen) atoms. The molecule has 0 heterocycles. The minimum atomic E-state index is -0.378. The summed E-state index contributed by atoms with van der Waals surface area (Å²) in [6, 6.07) is 12.5. The van der Waals surface area contributed by atoms with Crippen LogP contribution in [0, 0.1) is 5.82 Å². The normalized spacial score (nSPS) is 10.8. The molecule has 0 fully saturated rings. The van der Waals surface area contributed by atoms with Crippen LogP contribution in [-0.4, -0.2) is 17.9 Å². The highest BCUT2D eigenvalue weighted by atomic mass is 19.1. The van der Waals surface area contributed by atoms with Gasteiger partial charge in [-0.2, -0.15) is 0 Å². The van der Waals surface area contributed by atoms with Gasteiger partial charge in [-0.15, -0.1) is 0 Å². The number of carbonyl (C=O) groups is 2. The van der Waals surface area contributed by atoms with Gasteiger partial charge in [0.2, 0.25) is 0 Å². The maximum absolute atomic E-state index is 13.5. The monoisotopic (exact) mass is 326 g/mol. The van der Waals surface area contributed by atoms with E-state index in [0.717, 1.165) is 0 Å². The summed E-state index contributed by atoms with van der Waals surface area (Å²) in [4.78, 5) is 23.7. The van der Waals surface area contributed by atoms with Crippen LogP contribution in [0.1, 0.15) is 29.8 Å². The van der Waals surface area contributed by atoms with Gasteiger partial charge in [0.05, 0.1) is 0 Å². The predicted molar refractivity (Wildman–Crippen MR) is 93.5 cm³/mol. The summed E-state index contributed by atoms with van der Waals surface area (Å²) in [7, 11) is 0. The fourth-order valence-corrected chi connectivity index (χ4v) is 2.02. The molecule has 2 aromatic rings. The number of amides is 2. The van der Waals surface area contributed by atoms with Crippen molar-refractivity contribution in [3.05, 3.63) is 71.6 Å². The molecule has 0 saturated carbocycles. The molecule has 5 heteroatoms. The van der Waals surface area contributed by atoms with Crippen molar-refractivity contribution in [1.29, 1.82) is 0 Å². The minimum absolute atomic E-state index is 0.0365. The first-order valence-electron chi connectivity index (χ1n) is 7.60. The van der Waals surface area contributed by atoms with E-state index in [1.165, 1.54) is 18.2 Å². The van der Waals surface area contributed by atoms with Crippen molar-refractivity contribution in [3.63, 3.8) is 0 Å². The van der Waals surface area contributed by atoms with Crippen LogP contribution >= 0.6 is 0 Å². The Kier molecular flexibility index (Phi) is 5.84.